The van der Waals surface area contributed by atoms with Crippen LogP contribution in [-0.2, 0) is 12.8 Å². The predicted octanol–water partition coefficient (Wildman–Crippen LogP) is 4.90. The van der Waals surface area contributed by atoms with E-state index in [2.05, 4.69) is 66.9 Å². The van der Waals surface area contributed by atoms with Crippen LogP contribution in [0.5, 0.6) is 0 Å². The van der Waals surface area contributed by atoms with Crippen molar-refractivity contribution < 1.29 is 0 Å². The quantitative estimate of drug-likeness (QED) is 0.661. The zero-order valence-electron chi connectivity index (χ0n) is 11.5. The number of pyridine rings is 1. The van der Waals surface area contributed by atoms with Gasteiger partial charge in [-0.05, 0) is 43.3 Å². The fourth-order valence-corrected chi connectivity index (χ4v) is 2.92. The first kappa shape index (κ1) is 13.1. The molecule has 1 aromatic carbocycles. The zero-order valence-corrected chi connectivity index (χ0v) is 12.4. The van der Waals surface area contributed by atoms with E-state index in [1.54, 1.807) is 0 Å². The van der Waals surface area contributed by atoms with Crippen molar-refractivity contribution >= 4 is 11.3 Å². The molecule has 20 heavy (non-hydrogen) atoms. The number of thiophene rings is 1. The maximum atomic E-state index is 4.78. The Morgan fingerprint density at radius 2 is 1.75 bits per heavy atom. The van der Waals surface area contributed by atoms with E-state index < -0.39 is 0 Å². The Kier molecular flexibility index (Phi) is 3.93. The molecule has 2 aromatic heterocycles. The van der Waals surface area contributed by atoms with Gasteiger partial charge in [-0.2, -0.15) is 0 Å². The van der Waals surface area contributed by atoms with E-state index in [0.29, 0.717) is 0 Å². The molecule has 0 N–H and O–H groups in total. The van der Waals surface area contributed by atoms with E-state index in [-0.39, 0.29) is 0 Å². The summed E-state index contributed by atoms with van der Waals surface area (Å²) in [6.07, 6.45) is 2.07. The van der Waals surface area contributed by atoms with Crippen molar-refractivity contribution in [2.24, 2.45) is 0 Å². The van der Waals surface area contributed by atoms with Crippen molar-refractivity contribution in [1.29, 1.82) is 0 Å². The molecule has 0 radical (unpaired) electrons. The molecule has 0 saturated heterocycles. The van der Waals surface area contributed by atoms with E-state index in [1.807, 2.05) is 11.3 Å². The molecule has 0 atom stereocenters. The molecular formula is C18H17NS. The van der Waals surface area contributed by atoms with Crippen molar-refractivity contribution in [2.75, 3.05) is 0 Å². The van der Waals surface area contributed by atoms with Gasteiger partial charge in [-0.15, -0.1) is 11.3 Å². The van der Waals surface area contributed by atoms with Crippen LogP contribution in [0.3, 0.4) is 0 Å². The van der Waals surface area contributed by atoms with Gasteiger partial charge in [0, 0.05) is 16.1 Å². The van der Waals surface area contributed by atoms with Crippen molar-refractivity contribution in [3.05, 3.63) is 76.1 Å². The molecule has 0 aliphatic heterocycles. The minimum Gasteiger partial charge on any atom is -0.253 e. The van der Waals surface area contributed by atoms with Crippen LogP contribution < -0.4 is 0 Å². The SMILES string of the molecule is Cc1ccc(-c2cccc(CCc3cccs3)n2)cc1. The van der Waals surface area contributed by atoms with Crippen LogP contribution in [0.15, 0.2) is 60.0 Å². The van der Waals surface area contributed by atoms with Gasteiger partial charge >= 0.3 is 0 Å². The van der Waals surface area contributed by atoms with Gasteiger partial charge in [0.05, 0.1) is 5.69 Å². The summed E-state index contributed by atoms with van der Waals surface area (Å²) in [5.74, 6) is 0. The summed E-state index contributed by atoms with van der Waals surface area (Å²) < 4.78 is 0. The standard InChI is InChI=1S/C18H17NS/c1-14-7-9-15(10-8-14)18-6-2-4-16(19-18)11-12-17-5-3-13-20-17/h2-10,13H,11-12H2,1H3. The van der Waals surface area contributed by atoms with Crippen LogP contribution >= 0.6 is 11.3 Å². The van der Waals surface area contributed by atoms with Crippen LogP contribution in [0.2, 0.25) is 0 Å². The molecule has 0 fully saturated rings. The molecule has 0 aliphatic rings. The number of nitrogens with zero attached hydrogens (tertiary/aromatic N) is 1. The summed E-state index contributed by atoms with van der Waals surface area (Å²) in [6, 6.07) is 19.1. The molecule has 3 aromatic rings. The fourth-order valence-electron chi connectivity index (χ4n) is 2.21. The Morgan fingerprint density at radius 1 is 0.900 bits per heavy atom. The van der Waals surface area contributed by atoms with Crippen LogP contribution in [0.4, 0.5) is 0 Å². The topological polar surface area (TPSA) is 12.9 Å². The molecule has 2 heteroatoms. The van der Waals surface area contributed by atoms with Gasteiger partial charge in [0.25, 0.3) is 0 Å². The summed E-state index contributed by atoms with van der Waals surface area (Å²) in [4.78, 5) is 6.20. The average molecular weight is 279 g/mol. The third-order valence-electron chi connectivity index (χ3n) is 3.36. The van der Waals surface area contributed by atoms with Gasteiger partial charge in [0.15, 0.2) is 0 Å². The van der Waals surface area contributed by atoms with Gasteiger partial charge < -0.3 is 0 Å². The van der Waals surface area contributed by atoms with Gasteiger partial charge in [-0.3, -0.25) is 4.98 Å². The second-order valence-corrected chi connectivity index (χ2v) is 5.99. The van der Waals surface area contributed by atoms with Crippen LogP contribution in [0, 0.1) is 6.92 Å². The molecule has 0 saturated carbocycles. The van der Waals surface area contributed by atoms with Crippen LogP contribution in [-0.4, -0.2) is 4.98 Å². The first-order valence-electron chi connectivity index (χ1n) is 6.86. The molecule has 2 heterocycles. The molecule has 0 amide bonds. The number of hydrogen-bond donors (Lipinski definition) is 0. The highest BCUT2D eigenvalue weighted by Crippen LogP contribution is 2.19. The Balaban J connectivity index is 1.77. The third kappa shape index (κ3) is 3.14. The largest absolute Gasteiger partial charge is 0.253 e. The van der Waals surface area contributed by atoms with E-state index in [1.165, 1.54) is 16.0 Å². The summed E-state index contributed by atoms with van der Waals surface area (Å²) in [7, 11) is 0. The van der Waals surface area contributed by atoms with Gasteiger partial charge in [0.2, 0.25) is 0 Å². The summed E-state index contributed by atoms with van der Waals surface area (Å²) >= 11 is 1.82. The van der Waals surface area contributed by atoms with E-state index in [0.717, 1.165) is 24.2 Å². The zero-order chi connectivity index (χ0) is 13.8. The summed E-state index contributed by atoms with van der Waals surface area (Å²) in [6.45, 7) is 2.11. The first-order chi connectivity index (χ1) is 9.81. The molecule has 0 unspecified atom stereocenters. The Labute approximate surface area is 124 Å². The highest BCUT2D eigenvalue weighted by molar-refractivity contribution is 7.09. The van der Waals surface area contributed by atoms with Crippen molar-refractivity contribution in [1.82, 2.24) is 4.98 Å². The molecule has 100 valence electrons. The average Bonchev–Trinajstić information content (AvgIpc) is 3.00. The molecule has 0 aliphatic carbocycles. The van der Waals surface area contributed by atoms with E-state index in [9.17, 15) is 0 Å². The molecule has 3 rings (SSSR count). The lowest BCUT2D eigenvalue weighted by Gasteiger charge is -2.05. The van der Waals surface area contributed by atoms with Crippen molar-refractivity contribution in [3.63, 3.8) is 0 Å². The van der Waals surface area contributed by atoms with E-state index >= 15 is 0 Å². The highest BCUT2D eigenvalue weighted by Gasteiger charge is 2.02. The Morgan fingerprint density at radius 3 is 2.50 bits per heavy atom. The van der Waals surface area contributed by atoms with Crippen LogP contribution in [0.25, 0.3) is 11.3 Å². The summed E-state index contributed by atoms with van der Waals surface area (Å²) in [5.41, 5.74) is 4.70. The highest BCUT2D eigenvalue weighted by atomic mass is 32.1. The first-order valence-corrected chi connectivity index (χ1v) is 7.74. The van der Waals surface area contributed by atoms with Crippen molar-refractivity contribution in [2.45, 2.75) is 19.8 Å². The minimum absolute atomic E-state index is 1.00. The molecule has 0 bridgehead atoms. The third-order valence-corrected chi connectivity index (χ3v) is 4.30. The maximum Gasteiger partial charge on any atom is 0.0705 e. The number of hydrogen-bond acceptors (Lipinski definition) is 2. The summed E-state index contributed by atoms with van der Waals surface area (Å²) in [5, 5.41) is 2.13. The lowest BCUT2D eigenvalue weighted by molar-refractivity contribution is 0.931. The second kappa shape index (κ2) is 6.02. The number of aryl methyl sites for hydroxylation is 3. The fraction of sp³-hybridized carbons (Fsp3) is 0.167. The maximum absolute atomic E-state index is 4.78. The lowest BCUT2D eigenvalue weighted by atomic mass is 10.1. The number of benzene rings is 1. The molecular weight excluding hydrogens is 262 g/mol. The normalized spacial score (nSPS) is 10.7. The van der Waals surface area contributed by atoms with Gasteiger partial charge in [-0.25, -0.2) is 0 Å². The van der Waals surface area contributed by atoms with Gasteiger partial charge in [0.1, 0.15) is 0 Å². The smallest absolute Gasteiger partial charge is 0.0705 e. The predicted molar refractivity (Wildman–Crippen MR) is 86.1 cm³/mol. The Bertz CT molecular complexity index is 669. The lowest BCUT2D eigenvalue weighted by Crippen LogP contribution is -1.94. The van der Waals surface area contributed by atoms with E-state index in [4.69, 9.17) is 4.98 Å². The Hall–Kier alpha value is -1.93. The van der Waals surface area contributed by atoms with Crippen LogP contribution in [0.1, 0.15) is 16.1 Å². The second-order valence-electron chi connectivity index (χ2n) is 4.96. The molecule has 1 nitrogen and oxygen atoms in total. The minimum atomic E-state index is 1.00. The number of aromatic nitrogens is 1. The van der Waals surface area contributed by atoms with Crippen molar-refractivity contribution in [3.8, 4) is 11.3 Å². The van der Waals surface area contributed by atoms with Gasteiger partial charge in [-0.1, -0.05) is 42.0 Å². The number of rotatable bonds is 4. The molecule has 0 spiro atoms. The monoisotopic (exact) mass is 279 g/mol.